The van der Waals surface area contributed by atoms with Gasteiger partial charge in [0.1, 0.15) is 6.54 Å². The molecule has 0 aliphatic carbocycles. The summed E-state index contributed by atoms with van der Waals surface area (Å²) in [5.41, 5.74) is 7.40. The van der Waals surface area contributed by atoms with Gasteiger partial charge in [0, 0.05) is 44.0 Å². The maximum absolute atomic E-state index is 13.8. The highest BCUT2D eigenvalue weighted by Gasteiger charge is 2.26. The smallest absolute Gasteiger partial charge is 0.332 e. The number of nitrogens with one attached hydrogen (secondary N) is 1. The third-order valence-corrected chi connectivity index (χ3v) is 6.52. The molecule has 1 aliphatic rings. The Morgan fingerprint density at radius 3 is 2.73 bits per heavy atom. The zero-order valence-corrected chi connectivity index (χ0v) is 21.4. The molecule has 0 bridgehead atoms. The topological polar surface area (TPSA) is 144 Å². The van der Waals surface area contributed by atoms with Crippen molar-refractivity contribution in [2.24, 2.45) is 12.8 Å². The minimum Gasteiger partial charge on any atom is -0.372 e. The number of nitriles is 1. The zero-order valence-electron chi connectivity index (χ0n) is 21.4. The molecule has 37 heavy (non-hydrogen) atoms. The number of aryl methyl sites for hydroxylation is 1. The molecule has 0 amide bonds. The van der Waals surface area contributed by atoms with Crippen LogP contribution in [0.25, 0.3) is 11.2 Å². The van der Waals surface area contributed by atoms with E-state index in [0.717, 1.165) is 29.5 Å². The molecule has 1 atom stereocenters. The van der Waals surface area contributed by atoms with E-state index in [4.69, 9.17) is 16.0 Å². The Morgan fingerprint density at radius 2 is 2.03 bits per heavy atom. The molecule has 3 aromatic rings. The number of nitrogens with two attached hydrogens (primary N) is 1. The molecule has 1 unspecified atom stereocenters. The number of para-hydroxylation sites is 1. The Balaban J connectivity index is 1.85. The lowest BCUT2D eigenvalue weighted by Gasteiger charge is -2.31. The first-order valence-electron chi connectivity index (χ1n) is 12.3. The van der Waals surface area contributed by atoms with E-state index in [1.54, 1.807) is 31.3 Å². The molecule has 1 aliphatic heterocycles. The SMILES string of the molecule is CC(C)=CCn1c(N2CCCC(N)C2)nc2c1c(=O)n(CC(=O)c1ccccc1NCC#N)c(=O)n2C. The van der Waals surface area contributed by atoms with Crippen LogP contribution in [-0.4, -0.2) is 50.1 Å². The van der Waals surface area contributed by atoms with Crippen LogP contribution in [0.5, 0.6) is 0 Å². The Bertz CT molecular complexity index is 1520. The number of Topliss-reactive ketones (excluding diaryl/α,β-unsaturated/α-hetero) is 1. The van der Waals surface area contributed by atoms with E-state index in [-0.39, 0.29) is 23.8 Å². The summed E-state index contributed by atoms with van der Waals surface area (Å²) in [6.07, 6.45) is 3.82. The fourth-order valence-corrected chi connectivity index (χ4v) is 4.62. The molecule has 0 saturated carbocycles. The summed E-state index contributed by atoms with van der Waals surface area (Å²) in [5.74, 6) is 0.169. The van der Waals surface area contributed by atoms with Crippen molar-refractivity contribution in [2.75, 3.05) is 29.9 Å². The Kier molecular flexibility index (Phi) is 7.59. The molecule has 11 heteroatoms. The van der Waals surface area contributed by atoms with Gasteiger partial charge in [0.05, 0.1) is 12.6 Å². The van der Waals surface area contributed by atoms with E-state index in [2.05, 4.69) is 10.2 Å². The molecular formula is C26H32N8O3. The number of rotatable bonds is 8. The molecule has 3 N–H and O–H groups in total. The lowest BCUT2D eigenvalue weighted by molar-refractivity contribution is 0.0969. The minimum atomic E-state index is -0.623. The Labute approximate surface area is 214 Å². The van der Waals surface area contributed by atoms with Crippen LogP contribution < -0.4 is 27.2 Å². The van der Waals surface area contributed by atoms with E-state index >= 15 is 0 Å². The molecule has 2 aromatic heterocycles. The van der Waals surface area contributed by atoms with Gasteiger partial charge >= 0.3 is 5.69 Å². The fourth-order valence-electron chi connectivity index (χ4n) is 4.62. The molecule has 1 aromatic carbocycles. The van der Waals surface area contributed by atoms with E-state index in [9.17, 15) is 14.4 Å². The average Bonchev–Trinajstić information content (AvgIpc) is 3.27. The van der Waals surface area contributed by atoms with Crippen molar-refractivity contribution in [3.63, 3.8) is 0 Å². The third-order valence-electron chi connectivity index (χ3n) is 6.52. The van der Waals surface area contributed by atoms with Crippen LogP contribution in [0.2, 0.25) is 0 Å². The predicted molar refractivity (Wildman–Crippen MR) is 143 cm³/mol. The normalized spacial score (nSPS) is 15.4. The zero-order chi connectivity index (χ0) is 26.7. The number of hydrogen-bond acceptors (Lipinski definition) is 8. The largest absolute Gasteiger partial charge is 0.372 e. The lowest BCUT2D eigenvalue weighted by Crippen LogP contribution is -2.44. The maximum atomic E-state index is 13.8. The van der Waals surface area contributed by atoms with Gasteiger partial charge in [0.25, 0.3) is 5.56 Å². The highest BCUT2D eigenvalue weighted by molar-refractivity contribution is 6.01. The number of ketones is 1. The molecule has 1 saturated heterocycles. The molecule has 0 spiro atoms. The van der Waals surface area contributed by atoms with Crippen LogP contribution >= 0.6 is 0 Å². The number of anilines is 2. The van der Waals surface area contributed by atoms with Gasteiger partial charge in [-0.15, -0.1) is 0 Å². The molecule has 4 rings (SSSR count). The summed E-state index contributed by atoms with van der Waals surface area (Å²) in [7, 11) is 1.55. The third kappa shape index (κ3) is 5.20. The summed E-state index contributed by atoms with van der Waals surface area (Å²) in [6.45, 7) is 5.27. The standard InChI is InChI=1S/C26H32N8O3/c1-17(2)10-14-33-22-23(30-25(33)32-13-6-7-18(28)15-32)31(3)26(37)34(24(22)36)16-21(35)19-8-4-5-9-20(19)29-12-11-27/h4-5,8-10,18,29H,6-7,12-16,28H2,1-3H3. The number of allylic oxidation sites excluding steroid dienone is 2. The predicted octanol–water partition coefficient (Wildman–Crippen LogP) is 1.61. The van der Waals surface area contributed by atoms with E-state index in [1.165, 1.54) is 4.57 Å². The van der Waals surface area contributed by atoms with Gasteiger partial charge in [0.15, 0.2) is 16.9 Å². The van der Waals surface area contributed by atoms with Crippen molar-refractivity contribution < 1.29 is 4.79 Å². The second-order valence-electron chi connectivity index (χ2n) is 9.54. The Morgan fingerprint density at radius 1 is 1.27 bits per heavy atom. The molecule has 11 nitrogen and oxygen atoms in total. The highest BCUT2D eigenvalue weighted by atomic mass is 16.2. The maximum Gasteiger partial charge on any atom is 0.332 e. The Hall–Kier alpha value is -4.17. The van der Waals surface area contributed by atoms with Gasteiger partial charge < -0.3 is 20.5 Å². The number of aromatic nitrogens is 4. The lowest BCUT2D eigenvalue weighted by atomic mass is 10.1. The number of carbonyl (C=O) groups is 1. The van der Waals surface area contributed by atoms with Gasteiger partial charge in [-0.05, 0) is 38.8 Å². The van der Waals surface area contributed by atoms with Gasteiger partial charge in [-0.3, -0.25) is 18.7 Å². The minimum absolute atomic E-state index is 0.00160. The highest BCUT2D eigenvalue weighted by Crippen LogP contribution is 2.23. The number of hydrogen-bond donors (Lipinski definition) is 2. The monoisotopic (exact) mass is 504 g/mol. The van der Waals surface area contributed by atoms with E-state index in [0.29, 0.717) is 30.3 Å². The number of nitrogens with zero attached hydrogens (tertiary/aromatic N) is 6. The van der Waals surface area contributed by atoms with Crippen molar-refractivity contribution in [3.05, 3.63) is 62.3 Å². The first-order valence-corrected chi connectivity index (χ1v) is 12.3. The van der Waals surface area contributed by atoms with Crippen LogP contribution in [0.15, 0.2) is 45.5 Å². The van der Waals surface area contributed by atoms with Crippen molar-refractivity contribution >= 4 is 28.6 Å². The van der Waals surface area contributed by atoms with Crippen LogP contribution in [0, 0.1) is 11.3 Å². The number of fused-ring (bicyclic) bond motifs is 1. The molecular weight excluding hydrogens is 472 g/mol. The summed E-state index contributed by atoms with van der Waals surface area (Å²) in [6, 6.07) is 8.69. The average molecular weight is 505 g/mol. The van der Waals surface area contributed by atoms with Crippen LogP contribution in [0.3, 0.4) is 0 Å². The number of imidazole rings is 1. The van der Waals surface area contributed by atoms with E-state index in [1.807, 2.05) is 30.6 Å². The van der Waals surface area contributed by atoms with Gasteiger partial charge in [0.2, 0.25) is 5.95 Å². The van der Waals surface area contributed by atoms with Crippen LogP contribution in [-0.2, 0) is 20.1 Å². The van der Waals surface area contributed by atoms with Crippen molar-refractivity contribution in [1.29, 1.82) is 5.26 Å². The van der Waals surface area contributed by atoms with Crippen LogP contribution in [0.4, 0.5) is 11.6 Å². The van der Waals surface area contributed by atoms with Gasteiger partial charge in [-0.1, -0.05) is 23.8 Å². The molecule has 1 fully saturated rings. The number of carbonyl (C=O) groups excluding carboxylic acids is 1. The molecule has 0 radical (unpaired) electrons. The number of piperidine rings is 1. The first kappa shape index (κ1) is 25.9. The second-order valence-corrected chi connectivity index (χ2v) is 9.54. The second kappa shape index (κ2) is 10.8. The fraction of sp³-hybridized carbons (Fsp3) is 0.423. The van der Waals surface area contributed by atoms with Gasteiger partial charge in [-0.25, -0.2) is 4.79 Å². The quantitative estimate of drug-likeness (QED) is 0.267. The van der Waals surface area contributed by atoms with E-state index < -0.39 is 23.6 Å². The summed E-state index contributed by atoms with van der Waals surface area (Å²) in [5, 5.41) is 11.8. The molecule has 194 valence electrons. The summed E-state index contributed by atoms with van der Waals surface area (Å²) in [4.78, 5) is 47.1. The summed E-state index contributed by atoms with van der Waals surface area (Å²) < 4.78 is 4.08. The van der Waals surface area contributed by atoms with Crippen molar-refractivity contribution in [3.8, 4) is 6.07 Å². The van der Waals surface area contributed by atoms with Gasteiger partial charge in [-0.2, -0.15) is 10.2 Å². The van der Waals surface area contributed by atoms with Crippen LogP contribution in [0.1, 0.15) is 37.0 Å². The number of benzene rings is 1. The van der Waals surface area contributed by atoms with Crippen molar-refractivity contribution in [1.82, 2.24) is 18.7 Å². The first-order chi connectivity index (χ1) is 17.7. The van der Waals surface area contributed by atoms with Crippen molar-refractivity contribution in [2.45, 2.75) is 45.8 Å². The summed E-state index contributed by atoms with van der Waals surface area (Å²) >= 11 is 0. The molecule has 3 heterocycles.